The first-order chi connectivity index (χ1) is 11.6. The highest BCUT2D eigenvalue weighted by molar-refractivity contribution is 5.79. The average molecular weight is 324 g/mol. The number of amides is 1. The molecule has 1 atom stereocenters. The molecule has 3 N–H and O–H groups in total. The second-order valence-electron chi connectivity index (χ2n) is 6.49. The third kappa shape index (κ3) is 3.95. The number of nitrogens with two attached hydrogens (primary N) is 1. The summed E-state index contributed by atoms with van der Waals surface area (Å²) in [7, 11) is 0. The molecule has 4 nitrogen and oxygen atoms in total. The third-order valence-corrected chi connectivity index (χ3v) is 4.82. The number of likely N-dealkylation sites (tertiary alicyclic amines) is 1. The van der Waals surface area contributed by atoms with Gasteiger partial charge < -0.3 is 15.7 Å². The Balaban J connectivity index is 1.53. The molecule has 1 unspecified atom stereocenters. The average Bonchev–Trinajstić information content (AvgIpc) is 2.64. The lowest BCUT2D eigenvalue weighted by atomic mass is 9.87. The van der Waals surface area contributed by atoms with Crippen molar-refractivity contribution < 1.29 is 9.90 Å². The molecule has 0 aliphatic carbocycles. The van der Waals surface area contributed by atoms with Crippen LogP contribution in [0.5, 0.6) is 0 Å². The summed E-state index contributed by atoms with van der Waals surface area (Å²) in [6, 6.07) is 17.2. The van der Waals surface area contributed by atoms with E-state index in [0.29, 0.717) is 25.2 Å². The molecule has 1 aliphatic heterocycles. The molecule has 1 aliphatic rings. The molecule has 3 rings (SSSR count). The number of piperidine rings is 1. The maximum Gasteiger partial charge on any atom is 0.226 e. The number of hydrogen-bond acceptors (Lipinski definition) is 3. The van der Waals surface area contributed by atoms with Crippen molar-refractivity contribution in [2.75, 3.05) is 18.8 Å². The minimum atomic E-state index is -0.444. The monoisotopic (exact) mass is 324 g/mol. The maximum absolute atomic E-state index is 12.4. The van der Waals surface area contributed by atoms with E-state index in [9.17, 15) is 9.90 Å². The van der Waals surface area contributed by atoms with Gasteiger partial charge in [-0.25, -0.2) is 0 Å². The first-order valence-electron chi connectivity index (χ1n) is 8.48. The molecule has 2 aromatic carbocycles. The number of anilines is 1. The van der Waals surface area contributed by atoms with Gasteiger partial charge in [0.1, 0.15) is 0 Å². The Morgan fingerprint density at radius 2 is 1.71 bits per heavy atom. The number of benzene rings is 2. The molecule has 0 radical (unpaired) electrons. The molecule has 1 saturated heterocycles. The molecule has 4 heteroatoms. The normalized spacial score (nSPS) is 16.8. The van der Waals surface area contributed by atoms with Crippen LogP contribution in [0, 0.1) is 5.92 Å². The largest absolute Gasteiger partial charge is 0.399 e. The van der Waals surface area contributed by atoms with Crippen LogP contribution < -0.4 is 5.73 Å². The molecule has 126 valence electrons. The molecule has 1 fully saturated rings. The SMILES string of the molecule is Nc1ccc(CC(=O)N2CCC(C(O)c3ccccc3)CC2)cc1. The lowest BCUT2D eigenvalue weighted by Crippen LogP contribution is -2.40. The van der Waals surface area contributed by atoms with E-state index >= 15 is 0 Å². The summed E-state index contributed by atoms with van der Waals surface area (Å²) in [4.78, 5) is 14.3. The second-order valence-corrected chi connectivity index (χ2v) is 6.49. The standard InChI is InChI=1S/C20H24N2O2/c21-18-8-6-15(7-9-18)14-19(23)22-12-10-17(11-13-22)20(24)16-4-2-1-3-5-16/h1-9,17,20,24H,10-14,21H2. The summed E-state index contributed by atoms with van der Waals surface area (Å²) in [5.41, 5.74) is 8.33. The van der Waals surface area contributed by atoms with Crippen LogP contribution in [0.15, 0.2) is 54.6 Å². The van der Waals surface area contributed by atoms with Gasteiger partial charge in [-0.2, -0.15) is 0 Å². The number of aliphatic hydroxyl groups excluding tert-OH is 1. The van der Waals surface area contributed by atoms with Crippen LogP contribution in [-0.2, 0) is 11.2 Å². The van der Waals surface area contributed by atoms with Crippen LogP contribution in [0.2, 0.25) is 0 Å². The first kappa shape index (κ1) is 16.5. The Bertz CT molecular complexity index is 662. The van der Waals surface area contributed by atoms with Gasteiger partial charge >= 0.3 is 0 Å². The van der Waals surface area contributed by atoms with E-state index < -0.39 is 6.10 Å². The van der Waals surface area contributed by atoms with Crippen molar-refractivity contribution in [1.82, 2.24) is 4.90 Å². The van der Waals surface area contributed by atoms with Crippen molar-refractivity contribution in [3.05, 3.63) is 65.7 Å². The number of carbonyl (C=O) groups excluding carboxylic acids is 1. The topological polar surface area (TPSA) is 66.6 Å². The Morgan fingerprint density at radius 3 is 2.33 bits per heavy atom. The van der Waals surface area contributed by atoms with E-state index in [1.807, 2.05) is 59.5 Å². The summed E-state index contributed by atoms with van der Waals surface area (Å²) in [5, 5.41) is 10.5. The van der Waals surface area contributed by atoms with E-state index in [-0.39, 0.29) is 11.8 Å². The van der Waals surface area contributed by atoms with Gasteiger partial charge in [-0.1, -0.05) is 42.5 Å². The fourth-order valence-electron chi connectivity index (χ4n) is 3.31. The zero-order valence-corrected chi connectivity index (χ0v) is 13.8. The molecule has 0 aromatic heterocycles. The molecular weight excluding hydrogens is 300 g/mol. The predicted octanol–water partition coefficient (Wildman–Crippen LogP) is 2.78. The quantitative estimate of drug-likeness (QED) is 0.850. The van der Waals surface area contributed by atoms with E-state index in [0.717, 1.165) is 24.0 Å². The van der Waals surface area contributed by atoms with Crippen molar-refractivity contribution in [1.29, 1.82) is 0 Å². The van der Waals surface area contributed by atoms with Crippen molar-refractivity contribution in [3.63, 3.8) is 0 Å². The van der Waals surface area contributed by atoms with Gasteiger partial charge in [0, 0.05) is 18.8 Å². The van der Waals surface area contributed by atoms with Gasteiger partial charge in [-0.05, 0) is 42.0 Å². The number of carbonyl (C=O) groups is 1. The van der Waals surface area contributed by atoms with Crippen LogP contribution >= 0.6 is 0 Å². The summed E-state index contributed by atoms with van der Waals surface area (Å²) in [5.74, 6) is 0.361. The van der Waals surface area contributed by atoms with Crippen LogP contribution in [-0.4, -0.2) is 29.0 Å². The first-order valence-corrected chi connectivity index (χ1v) is 8.48. The molecule has 24 heavy (non-hydrogen) atoms. The van der Waals surface area contributed by atoms with Gasteiger partial charge in [-0.3, -0.25) is 4.79 Å². The van der Waals surface area contributed by atoms with Crippen LogP contribution in [0.1, 0.15) is 30.1 Å². The highest BCUT2D eigenvalue weighted by atomic mass is 16.3. The molecule has 0 bridgehead atoms. The molecule has 1 heterocycles. The van der Waals surface area contributed by atoms with Crippen molar-refractivity contribution in [3.8, 4) is 0 Å². The van der Waals surface area contributed by atoms with Gasteiger partial charge in [0.15, 0.2) is 0 Å². The number of aliphatic hydroxyl groups is 1. The molecule has 2 aromatic rings. The number of nitrogen functional groups attached to an aromatic ring is 1. The number of rotatable bonds is 4. The second kappa shape index (κ2) is 7.49. The molecule has 0 spiro atoms. The molecular formula is C20H24N2O2. The summed E-state index contributed by atoms with van der Waals surface area (Å²) in [6.07, 6.45) is 1.64. The highest BCUT2D eigenvalue weighted by Crippen LogP contribution is 2.30. The highest BCUT2D eigenvalue weighted by Gasteiger charge is 2.28. The van der Waals surface area contributed by atoms with Gasteiger partial charge in [0.2, 0.25) is 5.91 Å². The van der Waals surface area contributed by atoms with Gasteiger partial charge in [-0.15, -0.1) is 0 Å². The Kier molecular flexibility index (Phi) is 5.16. The van der Waals surface area contributed by atoms with Crippen molar-refractivity contribution in [2.24, 2.45) is 5.92 Å². The van der Waals surface area contributed by atoms with Crippen LogP contribution in [0.4, 0.5) is 5.69 Å². The van der Waals surface area contributed by atoms with E-state index in [1.54, 1.807) is 0 Å². The van der Waals surface area contributed by atoms with Crippen LogP contribution in [0.25, 0.3) is 0 Å². The van der Waals surface area contributed by atoms with Crippen LogP contribution in [0.3, 0.4) is 0 Å². The Morgan fingerprint density at radius 1 is 1.08 bits per heavy atom. The lowest BCUT2D eigenvalue weighted by Gasteiger charge is -2.34. The minimum Gasteiger partial charge on any atom is -0.399 e. The Hall–Kier alpha value is -2.33. The maximum atomic E-state index is 12.4. The van der Waals surface area contributed by atoms with E-state index in [4.69, 9.17) is 5.73 Å². The molecule has 0 saturated carbocycles. The van der Waals surface area contributed by atoms with Crippen molar-refractivity contribution in [2.45, 2.75) is 25.4 Å². The van der Waals surface area contributed by atoms with E-state index in [2.05, 4.69) is 0 Å². The zero-order chi connectivity index (χ0) is 16.9. The van der Waals surface area contributed by atoms with E-state index in [1.165, 1.54) is 0 Å². The zero-order valence-electron chi connectivity index (χ0n) is 13.8. The Labute approximate surface area is 142 Å². The third-order valence-electron chi connectivity index (χ3n) is 4.82. The fraction of sp³-hybridized carbons (Fsp3) is 0.350. The molecule has 1 amide bonds. The van der Waals surface area contributed by atoms with Gasteiger partial charge in [0.25, 0.3) is 0 Å². The number of hydrogen-bond donors (Lipinski definition) is 2. The fourth-order valence-corrected chi connectivity index (χ4v) is 3.31. The summed E-state index contributed by atoms with van der Waals surface area (Å²) < 4.78 is 0. The van der Waals surface area contributed by atoms with Gasteiger partial charge in [0.05, 0.1) is 12.5 Å². The summed E-state index contributed by atoms with van der Waals surface area (Å²) >= 11 is 0. The number of nitrogens with zero attached hydrogens (tertiary/aromatic N) is 1. The summed E-state index contributed by atoms with van der Waals surface area (Å²) in [6.45, 7) is 1.42. The van der Waals surface area contributed by atoms with Crippen molar-refractivity contribution >= 4 is 11.6 Å². The smallest absolute Gasteiger partial charge is 0.226 e. The predicted molar refractivity (Wildman–Crippen MR) is 95.3 cm³/mol. The lowest BCUT2D eigenvalue weighted by molar-refractivity contribution is -0.132. The minimum absolute atomic E-state index is 0.146.